The number of hydrogen-bond donors (Lipinski definition) is 0. The summed E-state index contributed by atoms with van der Waals surface area (Å²) in [5.41, 5.74) is 3.78. The van der Waals surface area contributed by atoms with Crippen LogP contribution in [0.4, 0.5) is 0 Å². The first-order chi connectivity index (χ1) is 11.4. The van der Waals surface area contributed by atoms with Gasteiger partial charge in [-0.15, -0.1) is 11.3 Å². The monoisotopic (exact) mass is 348 g/mol. The van der Waals surface area contributed by atoms with E-state index in [1.165, 1.54) is 11.3 Å². The molecular weight excluding hydrogens is 320 g/mol. The third-order valence-electron chi connectivity index (χ3n) is 4.44. The highest BCUT2D eigenvalue weighted by molar-refractivity contribution is 7.09. The molecule has 0 saturated carbocycles. The highest BCUT2D eigenvalue weighted by Crippen LogP contribution is 2.30. The zero-order chi connectivity index (χ0) is 17.3. The molecule has 0 aliphatic carbocycles. The molecule has 1 atom stereocenters. The number of thiazole rings is 1. The van der Waals surface area contributed by atoms with E-state index in [0.717, 1.165) is 43.4 Å². The van der Waals surface area contributed by atoms with Crippen LogP contribution in [0.5, 0.6) is 0 Å². The Kier molecular flexibility index (Phi) is 5.08. The predicted molar refractivity (Wildman–Crippen MR) is 97.4 cm³/mol. The second kappa shape index (κ2) is 6.94. The number of nitrogens with zero attached hydrogens (tertiary/aromatic N) is 4. The molecule has 1 saturated heterocycles. The number of morpholine rings is 1. The molecule has 1 aliphatic heterocycles. The van der Waals surface area contributed by atoms with Crippen LogP contribution in [0.1, 0.15) is 55.8 Å². The first-order valence-electron chi connectivity index (χ1n) is 8.68. The summed E-state index contributed by atoms with van der Waals surface area (Å²) < 4.78 is 7.92. The summed E-state index contributed by atoms with van der Waals surface area (Å²) >= 11 is 1.72. The highest BCUT2D eigenvalue weighted by atomic mass is 32.1. The van der Waals surface area contributed by atoms with Crippen molar-refractivity contribution in [2.45, 2.75) is 52.2 Å². The number of aromatic nitrogens is 3. The van der Waals surface area contributed by atoms with Crippen LogP contribution in [-0.4, -0.2) is 39.4 Å². The van der Waals surface area contributed by atoms with Crippen molar-refractivity contribution in [2.75, 3.05) is 19.7 Å². The lowest BCUT2D eigenvalue weighted by molar-refractivity contribution is -0.0331. The number of hydrogen-bond acceptors (Lipinski definition) is 5. The van der Waals surface area contributed by atoms with Gasteiger partial charge in [0.15, 0.2) is 0 Å². The lowest BCUT2D eigenvalue weighted by Crippen LogP contribution is -2.38. The van der Waals surface area contributed by atoms with E-state index >= 15 is 0 Å². The van der Waals surface area contributed by atoms with Gasteiger partial charge in [-0.05, 0) is 6.42 Å². The Hall–Kier alpha value is -1.24. The fourth-order valence-electron chi connectivity index (χ4n) is 3.03. The number of aryl methyl sites for hydroxylation is 2. The summed E-state index contributed by atoms with van der Waals surface area (Å²) in [5, 5.41) is 7.83. The number of ether oxygens (including phenoxy) is 1. The molecule has 2 aromatic heterocycles. The van der Waals surface area contributed by atoms with E-state index in [9.17, 15) is 0 Å². The Morgan fingerprint density at radius 1 is 1.38 bits per heavy atom. The molecule has 132 valence electrons. The fraction of sp³-hybridized carbons (Fsp3) is 0.667. The van der Waals surface area contributed by atoms with Gasteiger partial charge < -0.3 is 4.74 Å². The van der Waals surface area contributed by atoms with E-state index < -0.39 is 0 Å². The van der Waals surface area contributed by atoms with Crippen LogP contribution in [0, 0.1) is 0 Å². The minimum absolute atomic E-state index is 0.0848. The Balaban J connectivity index is 1.69. The quantitative estimate of drug-likeness (QED) is 0.850. The van der Waals surface area contributed by atoms with Gasteiger partial charge in [-0.25, -0.2) is 4.98 Å². The van der Waals surface area contributed by atoms with Gasteiger partial charge in [0.25, 0.3) is 0 Å². The second-order valence-corrected chi connectivity index (χ2v) is 8.43. The molecule has 6 heteroatoms. The van der Waals surface area contributed by atoms with Crippen LogP contribution in [0.2, 0.25) is 0 Å². The highest BCUT2D eigenvalue weighted by Gasteiger charge is 2.27. The van der Waals surface area contributed by atoms with Gasteiger partial charge in [-0.3, -0.25) is 9.58 Å². The van der Waals surface area contributed by atoms with Crippen LogP contribution in [0.3, 0.4) is 0 Å². The van der Waals surface area contributed by atoms with Crippen molar-refractivity contribution in [1.82, 2.24) is 19.7 Å². The maximum atomic E-state index is 6.01. The van der Waals surface area contributed by atoms with E-state index in [1.807, 2.05) is 11.7 Å². The summed E-state index contributed by atoms with van der Waals surface area (Å²) in [7, 11) is 1.99. The topological polar surface area (TPSA) is 43.2 Å². The van der Waals surface area contributed by atoms with Crippen LogP contribution in [0.25, 0.3) is 0 Å². The fourth-order valence-corrected chi connectivity index (χ4v) is 4.11. The first-order valence-corrected chi connectivity index (χ1v) is 9.56. The Bertz CT molecular complexity index is 685. The molecule has 0 spiro atoms. The van der Waals surface area contributed by atoms with Gasteiger partial charge in [0.1, 0.15) is 11.1 Å². The van der Waals surface area contributed by atoms with E-state index in [0.29, 0.717) is 0 Å². The zero-order valence-corrected chi connectivity index (χ0v) is 16.2. The second-order valence-electron chi connectivity index (χ2n) is 7.54. The third-order valence-corrected chi connectivity index (χ3v) is 5.37. The molecule has 2 aromatic rings. The summed E-state index contributed by atoms with van der Waals surface area (Å²) in [6.07, 6.45) is 3.21. The molecule has 5 nitrogen and oxygen atoms in total. The average molecular weight is 349 g/mol. The van der Waals surface area contributed by atoms with Crippen LogP contribution in [-0.2, 0) is 30.2 Å². The Labute approximate surface area is 148 Å². The van der Waals surface area contributed by atoms with Crippen LogP contribution < -0.4 is 0 Å². The maximum absolute atomic E-state index is 6.01. The minimum atomic E-state index is 0.0848. The van der Waals surface area contributed by atoms with Crippen molar-refractivity contribution >= 4 is 11.3 Å². The zero-order valence-electron chi connectivity index (χ0n) is 15.4. The van der Waals surface area contributed by atoms with Crippen molar-refractivity contribution in [3.8, 4) is 0 Å². The Morgan fingerprint density at radius 3 is 2.83 bits per heavy atom. The molecule has 0 bridgehead atoms. The van der Waals surface area contributed by atoms with E-state index in [-0.39, 0.29) is 11.5 Å². The molecule has 0 aromatic carbocycles. The van der Waals surface area contributed by atoms with E-state index in [2.05, 4.69) is 49.3 Å². The molecular formula is C18H28N4OS. The largest absolute Gasteiger partial charge is 0.368 e. The molecule has 1 aliphatic rings. The maximum Gasteiger partial charge on any atom is 0.123 e. The molecule has 1 fully saturated rings. The van der Waals surface area contributed by atoms with Gasteiger partial charge in [0.05, 0.1) is 18.0 Å². The van der Waals surface area contributed by atoms with Gasteiger partial charge >= 0.3 is 0 Å². The predicted octanol–water partition coefficient (Wildman–Crippen LogP) is 3.31. The summed E-state index contributed by atoms with van der Waals surface area (Å²) in [5.74, 6) is 0. The normalized spacial score (nSPS) is 19.8. The standard InChI is InChI=1S/C18H28N4OS/c1-6-14-13(9-21(5)20-14)10-22-7-8-23-15(11-22)17-19-16(12-24-17)18(2,3)4/h9,12,15H,6-8,10-11H2,1-5H3. The van der Waals surface area contributed by atoms with Crippen LogP contribution in [0.15, 0.2) is 11.6 Å². The van der Waals surface area contributed by atoms with Crippen molar-refractivity contribution in [2.24, 2.45) is 7.05 Å². The van der Waals surface area contributed by atoms with Gasteiger partial charge in [0, 0.05) is 49.2 Å². The molecule has 24 heavy (non-hydrogen) atoms. The van der Waals surface area contributed by atoms with Crippen molar-refractivity contribution in [1.29, 1.82) is 0 Å². The molecule has 0 radical (unpaired) electrons. The van der Waals surface area contributed by atoms with Crippen molar-refractivity contribution in [3.63, 3.8) is 0 Å². The van der Waals surface area contributed by atoms with Gasteiger partial charge in [-0.2, -0.15) is 5.10 Å². The third kappa shape index (κ3) is 3.87. The molecule has 0 N–H and O–H groups in total. The first kappa shape index (κ1) is 17.6. The summed E-state index contributed by atoms with van der Waals surface area (Å²) in [6, 6.07) is 0. The van der Waals surface area contributed by atoms with Gasteiger partial charge in [0.2, 0.25) is 0 Å². The lowest BCUT2D eigenvalue weighted by Gasteiger charge is -2.31. The van der Waals surface area contributed by atoms with E-state index in [4.69, 9.17) is 9.72 Å². The molecule has 0 amide bonds. The van der Waals surface area contributed by atoms with E-state index in [1.54, 1.807) is 11.3 Å². The lowest BCUT2D eigenvalue weighted by atomic mass is 9.93. The average Bonchev–Trinajstić information content (AvgIpc) is 3.14. The summed E-state index contributed by atoms with van der Waals surface area (Å²) in [6.45, 7) is 12.3. The smallest absolute Gasteiger partial charge is 0.123 e. The molecule has 1 unspecified atom stereocenters. The van der Waals surface area contributed by atoms with Gasteiger partial charge in [-0.1, -0.05) is 27.7 Å². The molecule has 3 rings (SSSR count). The van der Waals surface area contributed by atoms with Crippen LogP contribution >= 0.6 is 11.3 Å². The number of rotatable bonds is 4. The van der Waals surface area contributed by atoms with Crippen molar-refractivity contribution < 1.29 is 4.74 Å². The van der Waals surface area contributed by atoms with Crippen molar-refractivity contribution in [3.05, 3.63) is 33.5 Å². The molecule has 3 heterocycles. The minimum Gasteiger partial charge on any atom is -0.368 e. The SMILES string of the molecule is CCc1nn(C)cc1CN1CCOC(c2nc(C(C)(C)C)cs2)C1. The Morgan fingerprint density at radius 2 is 2.17 bits per heavy atom. The summed E-state index contributed by atoms with van der Waals surface area (Å²) in [4.78, 5) is 7.30.